The molecule has 4 aromatic carbocycles. The summed E-state index contributed by atoms with van der Waals surface area (Å²) in [6, 6.07) is 30.6. The van der Waals surface area contributed by atoms with Gasteiger partial charge in [0.15, 0.2) is 0 Å². The maximum Gasteiger partial charge on any atom is 0.344 e. The molecule has 0 fully saturated rings. The quantitative estimate of drug-likeness (QED) is 0.271. The molecule has 0 atom stereocenters. The number of aromatic nitrogens is 1. The van der Waals surface area contributed by atoms with Crippen molar-refractivity contribution in [2.24, 2.45) is 0 Å². The Morgan fingerprint density at radius 3 is 2.14 bits per heavy atom. The highest BCUT2D eigenvalue weighted by molar-refractivity contribution is 6.26. The molecular weight excluding hydrogens is 358 g/mol. The second-order valence-electron chi connectivity index (χ2n) is 7.36. The first-order valence-corrected chi connectivity index (χ1v) is 9.71. The minimum Gasteiger partial charge on any atom is -0.422 e. The smallest absolute Gasteiger partial charge is 0.344 e. The van der Waals surface area contributed by atoms with Crippen molar-refractivity contribution in [3.63, 3.8) is 0 Å². The van der Waals surface area contributed by atoms with E-state index in [0.717, 1.165) is 28.2 Å². The lowest BCUT2D eigenvalue weighted by Crippen LogP contribution is -2.00. The van der Waals surface area contributed by atoms with Crippen LogP contribution in [0.1, 0.15) is 5.56 Å². The topological polar surface area (TPSA) is 35.1 Å². The van der Waals surface area contributed by atoms with E-state index in [-0.39, 0.29) is 5.63 Å². The summed E-state index contributed by atoms with van der Waals surface area (Å²) in [5.41, 5.74) is 3.90. The van der Waals surface area contributed by atoms with Crippen LogP contribution < -0.4 is 5.63 Å². The predicted molar refractivity (Wildman–Crippen MR) is 119 cm³/mol. The molecule has 2 heterocycles. The minimum atomic E-state index is -0.291. The normalized spacial score (nSPS) is 11.7. The lowest BCUT2D eigenvalue weighted by atomic mass is 10.0. The van der Waals surface area contributed by atoms with Crippen molar-refractivity contribution in [3.05, 3.63) is 107 Å². The Bertz CT molecular complexity index is 1590. The van der Waals surface area contributed by atoms with Gasteiger partial charge < -0.3 is 8.98 Å². The van der Waals surface area contributed by atoms with E-state index in [0.29, 0.717) is 11.0 Å². The Kier molecular flexibility index (Phi) is 3.38. The Hall–Kier alpha value is -3.85. The SMILES string of the molecule is O=c1oc2ccc3c(c4ccccc4n3Cc3ccccc3)c2c2ccccc12. The van der Waals surface area contributed by atoms with Gasteiger partial charge in [0.25, 0.3) is 0 Å². The molecule has 0 spiro atoms. The van der Waals surface area contributed by atoms with Gasteiger partial charge in [0.2, 0.25) is 0 Å². The predicted octanol–water partition coefficient (Wildman–Crippen LogP) is 6.10. The van der Waals surface area contributed by atoms with Gasteiger partial charge >= 0.3 is 5.63 Å². The van der Waals surface area contributed by atoms with Crippen molar-refractivity contribution in [2.75, 3.05) is 0 Å². The monoisotopic (exact) mass is 375 g/mol. The number of benzene rings is 4. The van der Waals surface area contributed by atoms with Crippen molar-refractivity contribution in [3.8, 4) is 0 Å². The first kappa shape index (κ1) is 16.1. The van der Waals surface area contributed by atoms with E-state index in [4.69, 9.17) is 4.42 Å². The first-order chi connectivity index (χ1) is 14.3. The average molecular weight is 375 g/mol. The lowest BCUT2D eigenvalue weighted by molar-refractivity contribution is 0.570. The third-order valence-electron chi connectivity index (χ3n) is 5.70. The zero-order valence-corrected chi connectivity index (χ0v) is 15.6. The Balaban J connectivity index is 1.82. The maximum atomic E-state index is 12.5. The molecule has 3 nitrogen and oxygen atoms in total. The van der Waals surface area contributed by atoms with Gasteiger partial charge in [-0.25, -0.2) is 4.79 Å². The molecule has 138 valence electrons. The van der Waals surface area contributed by atoms with E-state index in [9.17, 15) is 4.79 Å². The van der Waals surface area contributed by atoms with Crippen molar-refractivity contribution in [1.29, 1.82) is 0 Å². The number of fused-ring (bicyclic) bond motifs is 7. The Morgan fingerprint density at radius 2 is 1.31 bits per heavy atom. The molecule has 0 radical (unpaired) electrons. The van der Waals surface area contributed by atoms with E-state index in [2.05, 4.69) is 59.2 Å². The largest absolute Gasteiger partial charge is 0.422 e. The van der Waals surface area contributed by atoms with E-state index in [1.807, 2.05) is 36.4 Å². The molecule has 0 saturated heterocycles. The number of rotatable bonds is 2. The molecule has 0 saturated carbocycles. The average Bonchev–Trinajstić information content (AvgIpc) is 3.08. The molecule has 29 heavy (non-hydrogen) atoms. The van der Waals surface area contributed by atoms with Gasteiger partial charge in [0, 0.05) is 33.6 Å². The van der Waals surface area contributed by atoms with Crippen LogP contribution in [-0.2, 0) is 6.54 Å². The number of nitrogens with zero attached hydrogens (tertiary/aromatic N) is 1. The summed E-state index contributed by atoms with van der Waals surface area (Å²) >= 11 is 0. The summed E-state index contributed by atoms with van der Waals surface area (Å²) in [6.07, 6.45) is 0. The maximum absolute atomic E-state index is 12.5. The molecule has 0 aliphatic rings. The molecule has 0 N–H and O–H groups in total. The van der Waals surface area contributed by atoms with Crippen LogP contribution in [0.3, 0.4) is 0 Å². The fourth-order valence-corrected chi connectivity index (χ4v) is 4.44. The number of hydrogen-bond donors (Lipinski definition) is 0. The molecule has 0 unspecified atom stereocenters. The van der Waals surface area contributed by atoms with Crippen LogP contribution in [0, 0.1) is 0 Å². The molecule has 0 aliphatic carbocycles. The van der Waals surface area contributed by atoms with Gasteiger partial charge in [-0.3, -0.25) is 0 Å². The van der Waals surface area contributed by atoms with Crippen molar-refractivity contribution < 1.29 is 4.42 Å². The zero-order chi connectivity index (χ0) is 19.4. The summed E-state index contributed by atoms with van der Waals surface area (Å²) in [4.78, 5) is 12.5. The second-order valence-corrected chi connectivity index (χ2v) is 7.36. The van der Waals surface area contributed by atoms with E-state index in [1.165, 1.54) is 16.5 Å². The van der Waals surface area contributed by atoms with Gasteiger partial charge in [0.05, 0.1) is 10.9 Å². The second kappa shape index (κ2) is 6.08. The number of para-hydroxylation sites is 1. The molecule has 3 heteroatoms. The Labute approximate surface area is 166 Å². The summed E-state index contributed by atoms with van der Waals surface area (Å²) < 4.78 is 8.04. The van der Waals surface area contributed by atoms with Crippen LogP contribution in [0.15, 0.2) is 100 Å². The molecule has 0 bridgehead atoms. The zero-order valence-electron chi connectivity index (χ0n) is 15.6. The molecule has 0 aliphatic heterocycles. The van der Waals surface area contributed by atoms with E-state index >= 15 is 0 Å². The van der Waals surface area contributed by atoms with Crippen molar-refractivity contribution >= 4 is 43.5 Å². The van der Waals surface area contributed by atoms with E-state index in [1.54, 1.807) is 0 Å². The highest BCUT2D eigenvalue weighted by Crippen LogP contribution is 2.37. The molecule has 2 aromatic heterocycles. The van der Waals surface area contributed by atoms with Crippen molar-refractivity contribution in [2.45, 2.75) is 6.54 Å². The molecular formula is C26H17NO2. The van der Waals surface area contributed by atoms with Crippen LogP contribution in [0.2, 0.25) is 0 Å². The van der Waals surface area contributed by atoms with Gasteiger partial charge in [-0.05, 0) is 29.8 Å². The summed E-state index contributed by atoms with van der Waals surface area (Å²) in [7, 11) is 0. The van der Waals surface area contributed by atoms with Crippen LogP contribution in [0.5, 0.6) is 0 Å². The third kappa shape index (κ3) is 2.34. The van der Waals surface area contributed by atoms with Crippen LogP contribution in [0.4, 0.5) is 0 Å². The third-order valence-corrected chi connectivity index (χ3v) is 5.70. The summed E-state index contributed by atoms with van der Waals surface area (Å²) in [5.74, 6) is 0. The van der Waals surface area contributed by atoms with Gasteiger partial charge in [-0.15, -0.1) is 0 Å². The summed E-state index contributed by atoms with van der Waals surface area (Å²) in [5, 5.41) is 4.86. The first-order valence-electron chi connectivity index (χ1n) is 9.71. The van der Waals surface area contributed by atoms with Gasteiger partial charge in [-0.2, -0.15) is 0 Å². The fraction of sp³-hybridized carbons (Fsp3) is 0.0385. The van der Waals surface area contributed by atoms with E-state index < -0.39 is 0 Å². The molecule has 0 amide bonds. The highest BCUT2D eigenvalue weighted by Gasteiger charge is 2.17. The van der Waals surface area contributed by atoms with Gasteiger partial charge in [-0.1, -0.05) is 66.7 Å². The fourth-order valence-electron chi connectivity index (χ4n) is 4.44. The summed E-state index contributed by atoms with van der Waals surface area (Å²) in [6.45, 7) is 0.783. The Morgan fingerprint density at radius 1 is 0.621 bits per heavy atom. The van der Waals surface area contributed by atoms with Crippen LogP contribution in [-0.4, -0.2) is 4.57 Å². The molecule has 6 rings (SSSR count). The van der Waals surface area contributed by atoms with Crippen LogP contribution in [0.25, 0.3) is 43.5 Å². The van der Waals surface area contributed by atoms with Crippen LogP contribution >= 0.6 is 0 Å². The molecule has 6 aromatic rings. The lowest BCUT2D eigenvalue weighted by Gasteiger charge is -2.08. The standard InChI is InChI=1S/C26H17NO2/c28-26-19-11-5-4-10-18(19)25-23(29-26)15-14-22-24(25)20-12-6-7-13-21(20)27(22)16-17-8-2-1-3-9-17/h1-15H,16H2. The highest BCUT2D eigenvalue weighted by atomic mass is 16.4. The minimum absolute atomic E-state index is 0.291. The van der Waals surface area contributed by atoms with Crippen molar-refractivity contribution in [1.82, 2.24) is 4.57 Å². The van der Waals surface area contributed by atoms with Gasteiger partial charge in [0.1, 0.15) is 5.58 Å². The number of hydrogen-bond acceptors (Lipinski definition) is 2.